The number of nitrogens with zero attached hydrogens (tertiary/aromatic N) is 2. The quantitative estimate of drug-likeness (QED) is 0.893. The maximum absolute atomic E-state index is 12.4. The van der Waals surface area contributed by atoms with Gasteiger partial charge in [0, 0.05) is 18.5 Å². The summed E-state index contributed by atoms with van der Waals surface area (Å²) in [4.78, 5) is 14.4. The molecule has 4 nitrogen and oxygen atoms in total. The molecular weight excluding hydrogens is 250 g/mol. The van der Waals surface area contributed by atoms with Gasteiger partial charge in [0.15, 0.2) is 0 Å². The molecule has 2 atom stereocenters. The number of carbonyl (C=O) groups is 1. The Kier molecular flexibility index (Phi) is 3.45. The fourth-order valence-electron chi connectivity index (χ4n) is 3.16. The maximum atomic E-state index is 12.4. The van der Waals surface area contributed by atoms with Crippen LogP contribution in [0.4, 0.5) is 0 Å². The summed E-state index contributed by atoms with van der Waals surface area (Å²) in [5, 5.41) is 9.32. The van der Waals surface area contributed by atoms with Crippen LogP contribution in [0.5, 0.6) is 0 Å². The van der Waals surface area contributed by atoms with E-state index in [9.17, 15) is 10.1 Å². The highest BCUT2D eigenvalue weighted by molar-refractivity contribution is 5.78. The fraction of sp³-hybridized carbons (Fsp3) is 0.500. The number of hydrogen-bond donors (Lipinski definition) is 1. The van der Waals surface area contributed by atoms with Gasteiger partial charge in [0.05, 0.1) is 17.7 Å². The molecule has 1 aromatic rings. The molecule has 2 aliphatic rings. The van der Waals surface area contributed by atoms with Crippen LogP contribution in [0.25, 0.3) is 0 Å². The molecule has 3 rings (SSSR count). The zero-order valence-electron chi connectivity index (χ0n) is 11.5. The number of likely N-dealkylation sites (tertiary alicyclic amines) is 1. The normalized spacial score (nSPS) is 27.0. The van der Waals surface area contributed by atoms with Crippen molar-refractivity contribution in [3.63, 3.8) is 0 Å². The van der Waals surface area contributed by atoms with Crippen molar-refractivity contribution < 1.29 is 4.79 Å². The lowest BCUT2D eigenvalue weighted by molar-refractivity contribution is -0.133. The van der Waals surface area contributed by atoms with Crippen LogP contribution in [0, 0.1) is 11.3 Å². The molecule has 1 aliphatic carbocycles. The molecule has 1 saturated carbocycles. The van der Waals surface area contributed by atoms with E-state index < -0.39 is 0 Å². The van der Waals surface area contributed by atoms with Crippen LogP contribution < -0.4 is 5.73 Å². The summed E-state index contributed by atoms with van der Waals surface area (Å²) in [6.07, 6.45) is 4.37. The molecular formula is C16H19N3O. The summed E-state index contributed by atoms with van der Waals surface area (Å²) >= 11 is 0. The molecule has 0 radical (unpaired) electrons. The standard InChI is InChI=1S/C16H19N3O/c17-10-11-4-1-2-5-13(11)16-14(18)6-3-7-15(20)19(16)12-8-9-12/h1-2,4-5,12,14,16H,3,6-9,18H2. The number of nitriles is 1. The Morgan fingerprint density at radius 2 is 2.00 bits per heavy atom. The summed E-state index contributed by atoms with van der Waals surface area (Å²) in [6.45, 7) is 0. The van der Waals surface area contributed by atoms with Gasteiger partial charge in [0.1, 0.15) is 0 Å². The van der Waals surface area contributed by atoms with Crippen molar-refractivity contribution >= 4 is 5.91 Å². The summed E-state index contributed by atoms with van der Waals surface area (Å²) < 4.78 is 0. The Hall–Kier alpha value is -1.86. The molecule has 1 amide bonds. The highest BCUT2D eigenvalue weighted by atomic mass is 16.2. The van der Waals surface area contributed by atoms with Crippen LogP contribution in [-0.4, -0.2) is 22.9 Å². The zero-order chi connectivity index (χ0) is 14.1. The Morgan fingerprint density at radius 1 is 1.25 bits per heavy atom. The van der Waals surface area contributed by atoms with Crippen LogP contribution in [0.1, 0.15) is 49.3 Å². The first-order valence-corrected chi connectivity index (χ1v) is 7.28. The van der Waals surface area contributed by atoms with Gasteiger partial charge < -0.3 is 10.6 Å². The van der Waals surface area contributed by atoms with Crippen molar-refractivity contribution in [3.05, 3.63) is 35.4 Å². The van der Waals surface area contributed by atoms with Crippen molar-refractivity contribution in [1.29, 1.82) is 5.26 Å². The van der Waals surface area contributed by atoms with E-state index >= 15 is 0 Å². The van der Waals surface area contributed by atoms with Crippen molar-refractivity contribution in [2.45, 2.75) is 50.2 Å². The Morgan fingerprint density at radius 3 is 2.70 bits per heavy atom. The molecule has 4 heteroatoms. The van der Waals surface area contributed by atoms with Crippen LogP contribution in [0.15, 0.2) is 24.3 Å². The SMILES string of the molecule is N#Cc1ccccc1C1C(N)CCCC(=O)N1C1CC1. The van der Waals surface area contributed by atoms with Gasteiger partial charge >= 0.3 is 0 Å². The summed E-state index contributed by atoms with van der Waals surface area (Å²) in [5.74, 6) is 0.193. The van der Waals surface area contributed by atoms with Gasteiger partial charge in [-0.25, -0.2) is 0 Å². The van der Waals surface area contributed by atoms with Gasteiger partial charge in [-0.1, -0.05) is 18.2 Å². The highest BCUT2D eigenvalue weighted by Gasteiger charge is 2.42. The summed E-state index contributed by atoms with van der Waals surface area (Å²) in [7, 11) is 0. The molecule has 0 aromatic heterocycles. The number of nitrogens with two attached hydrogens (primary N) is 1. The van der Waals surface area contributed by atoms with Crippen LogP contribution >= 0.6 is 0 Å². The second-order valence-corrected chi connectivity index (χ2v) is 5.73. The Bertz CT molecular complexity index is 559. The lowest BCUT2D eigenvalue weighted by atomic mass is 9.92. The van der Waals surface area contributed by atoms with Gasteiger partial charge in [-0.15, -0.1) is 0 Å². The van der Waals surface area contributed by atoms with Crippen LogP contribution in [0.3, 0.4) is 0 Å². The molecule has 1 aromatic carbocycles. The number of carbonyl (C=O) groups excluding carboxylic acids is 1. The third-order valence-electron chi connectivity index (χ3n) is 4.26. The van der Waals surface area contributed by atoms with Gasteiger partial charge in [-0.3, -0.25) is 4.79 Å². The smallest absolute Gasteiger partial charge is 0.223 e. The summed E-state index contributed by atoms with van der Waals surface area (Å²) in [5.41, 5.74) is 7.89. The van der Waals surface area contributed by atoms with E-state index in [0.29, 0.717) is 18.0 Å². The van der Waals surface area contributed by atoms with Crippen LogP contribution in [0.2, 0.25) is 0 Å². The molecule has 104 valence electrons. The van der Waals surface area contributed by atoms with E-state index in [1.807, 2.05) is 29.2 Å². The average molecular weight is 269 g/mol. The minimum Gasteiger partial charge on any atom is -0.331 e. The Labute approximate surface area is 119 Å². The number of benzene rings is 1. The first-order chi connectivity index (χ1) is 9.72. The lowest BCUT2D eigenvalue weighted by Crippen LogP contribution is -2.43. The first-order valence-electron chi connectivity index (χ1n) is 7.28. The lowest BCUT2D eigenvalue weighted by Gasteiger charge is -2.34. The molecule has 0 spiro atoms. The summed E-state index contributed by atoms with van der Waals surface area (Å²) in [6, 6.07) is 9.85. The van der Waals surface area contributed by atoms with E-state index in [-0.39, 0.29) is 18.0 Å². The zero-order valence-corrected chi connectivity index (χ0v) is 11.5. The second kappa shape index (κ2) is 5.26. The van der Waals surface area contributed by atoms with E-state index in [0.717, 1.165) is 31.2 Å². The molecule has 1 heterocycles. The topological polar surface area (TPSA) is 70.1 Å². The minimum absolute atomic E-state index is 0.0865. The predicted molar refractivity (Wildman–Crippen MR) is 75.6 cm³/mol. The average Bonchev–Trinajstić information content (AvgIpc) is 3.28. The minimum atomic E-state index is -0.145. The number of rotatable bonds is 2. The van der Waals surface area contributed by atoms with E-state index in [4.69, 9.17) is 5.73 Å². The van der Waals surface area contributed by atoms with Crippen LogP contribution in [-0.2, 0) is 4.79 Å². The molecule has 2 N–H and O–H groups in total. The molecule has 0 bridgehead atoms. The largest absolute Gasteiger partial charge is 0.331 e. The van der Waals surface area contributed by atoms with Gasteiger partial charge in [0.25, 0.3) is 0 Å². The number of hydrogen-bond acceptors (Lipinski definition) is 3. The van der Waals surface area contributed by atoms with Gasteiger partial charge in [-0.05, 0) is 37.3 Å². The van der Waals surface area contributed by atoms with Crippen molar-refractivity contribution in [1.82, 2.24) is 4.90 Å². The monoisotopic (exact) mass is 269 g/mol. The van der Waals surface area contributed by atoms with E-state index in [1.165, 1.54) is 0 Å². The second-order valence-electron chi connectivity index (χ2n) is 5.73. The molecule has 1 saturated heterocycles. The van der Waals surface area contributed by atoms with Crippen molar-refractivity contribution in [2.75, 3.05) is 0 Å². The molecule has 2 fully saturated rings. The van der Waals surface area contributed by atoms with Gasteiger partial charge in [0.2, 0.25) is 5.91 Å². The third-order valence-corrected chi connectivity index (χ3v) is 4.26. The fourth-order valence-corrected chi connectivity index (χ4v) is 3.16. The predicted octanol–water partition coefficient (Wildman–Crippen LogP) is 2.10. The van der Waals surface area contributed by atoms with E-state index in [2.05, 4.69) is 6.07 Å². The van der Waals surface area contributed by atoms with Gasteiger partial charge in [-0.2, -0.15) is 5.26 Å². The molecule has 2 unspecified atom stereocenters. The van der Waals surface area contributed by atoms with E-state index in [1.54, 1.807) is 0 Å². The van der Waals surface area contributed by atoms with Crippen molar-refractivity contribution in [2.24, 2.45) is 5.73 Å². The number of amides is 1. The third kappa shape index (κ3) is 2.30. The maximum Gasteiger partial charge on any atom is 0.223 e. The first kappa shape index (κ1) is 13.1. The van der Waals surface area contributed by atoms with Crippen molar-refractivity contribution in [3.8, 4) is 6.07 Å². The Balaban J connectivity index is 2.05. The molecule has 1 aliphatic heterocycles. The highest BCUT2D eigenvalue weighted by Crippen LogP contribution is 2.40. The molecule has 20 heavy (non-hydrogen) atoms.